The molecule has 2 saturated carbocycles. The number of para-hydroxylation sites is 1. The maximum absolute atomic E-state index is 16.0. The molecule has 3 aliphatic carbocycles. The highest BCUT2D eigenvalue weighted by Crippen LogP contribution is 2.64. The third kappa shape index (κ3) is 16.8. The van der Waals surface area contributed by atoms with Crippen LogP contribution in [0.25, 0.3) is 0 Å². The lowest BCUT2D eigenvalue weighted by Crippen LogP contribution is -2.82. The number of allylic oxidation sites excluding steroid dienone is 13. The second kappa shape index (κ2) is 30.5. The topological polar surface area (TPSA) is 246 Å². The van der Waals surface area contributed by atoms with Crippen molar-refractivity contribution in [3.05, 3.63) is 126 Å². The molecule has 1 aromatic rings. The Kier molecular flexibility index (Phi) is 24.7. The quantitative estimate of drug-likeness (QED) is 0.0443. The van der Waals surface area contributed by atoms with Crippen LogP contribution in [0.5, 0.6) is 5.75 Å². The molecule has 2 bridgehead atoms. The average molecular weight is 1180 g/mol. The molecule has 1 heterocycles. The van der Waals surface area contributed by atoms with Gasteiger partial charge in [-0.3, -0.25) is 19.2 Å². The first-order valence-corrected chi connectivity index (χ1v) is 29.6. The fourth-order valence-electron chi connectivity index (χ4n) is 11.8. The number of benzene rings is 1. The molecule has 0 aromatic heterocycles. The smallest absolute Gasteiger partial charge is 0.408 e. The molecule has 1 amide bonds. The van der Waals surface area contributed by atoms with Gasteiger partial charge in [-0.1, -0.05) is 124 Å². The molecule has 1 saturated heterocycles. The third-order valence-electron chi connectivity index (χ3n) is 16.1. The van der Waals surface area contributed by atoms with Gasteiger partial charge in [0.05, 0.1) is 37.2 Å². The number of fused-ring (bicyclic) bond motifs is 5. The largest absolute Gasteiger partial charge is 0.496 e. The summed E-state index contributed by atoms with van der Waals surface area (Å²) in [4.78, 5) is 100. The second-order valence-corrected chi connectivity index (χ2v) is 24.0. The molecule has 0 radical (unpaired) electrons. The summed E-state index contributed by atoms with van der Waals surface area (Å²) >= 11 is 0. The predicted molar refractivity (Wildman–Crippen MR) is 320 cm³/mol. The fourth-order valence-corrected chi connectivity index (χ4v) is 11.8. The first-order valence-electron chi connectivity index (χ1n) is 29.6. The number of amides is 1. The minimum Gasteiger partial charge on any atom is -0.496 e. The highest BCUT2D eigenvalue weighted by atomic mass is 16.6. The molecule has 1 unspecified atom stereocenters. The Morgan fingerprint density at radius 3 is 1.91 bits per heavy atom. The number of hydrogen-bond donors (Lipinski definition) is 3. The summed E-state index contributed by atoms with van der Waals surface area (Å²) in [7, 11) is 1.35. The van der Waals surface area contributed by atoms with E-state index in [9.17, 15) is 34.2 Å². The summed E-state index contributed by atoms with van der Waals surface area (Å²) in [6, 6.07) is 4.73. The first-order chi connectivity index (χ1) is 40.1. The number of carbonyl (C=O) groups excluding carboxylic acids is 7. The van der Waals surface area contributed by atoms with Gasteiger partial charge in [-0.15, -0.1) is 0 Å². The van der Waals surface area contributed by atoms with Crippen LogP contribution in [-0.2, 0) is 57.1 Å². The fraction of sp³-hybridized carbons (Fsp3) is 0.567. The number of ketones is 1. The van der Waals surface area contributed by atoms with Crippen molar-refractivity contribution in [1.82, 2.24) is 5.32 Å². The number of ether oxygens (including phenoxy) is 8. The maximum atomic E-state index is 16.0. The van der Waals surface area contributed by atoms with Gasteiger partial charge < -0.3 is 53.4 Å². The van der Waals surface area contributed by atoms with Gasteiger partial charge in [0.25, 0.3) is 0 Å². The van der Waals surface area contributed by atoms with Crippen molar-refractivity contribution in [2.45, 2.75) is 213 Å². The predicted octanol–water partition coefficient (Wildman–Crippen LogP) is 10.9. The Morgan fingerprint density at radius 1 is 0.812 bits per heavy atom. The van der Waals surface area contributed by atoms with Gasteiger partial charge in [0.1, 0.15) is 40.8 Å². The van der Waals surface area contributed by atoms with Crippen molar-refractivity contribution < 1.29 is 81.7 Å². The van der Waals surface area contributed by atoms with E-state index in [2.05, 4.69) is 60.8 Å². The zero-order valence-corrected chi connectivity index (χ0v) is 51.9. The number of aliphatic hydroxyl groups is 2. The zero-order valence-electron chi connectivity index (χ0n) is 51.9. The van der Waals surface area contributed by atoms with Crippen LogP contribution in [-0.4, -0.2) is 125 Å². The summed E-state index contributed by atoms with van der Waals surface area (Å²) in [5.74, 6) is -7.16. The molecule has 5 rings (SSSR count). The number of nitrogens with one attached hydrogen (secondary N) is 1. The SMILES string of the molecule is CC/C=C\C/C=C\C/C=C\C/C=C\C/C=C\C/C=C\CCC(=O)O[C@@H](C(=O)O[C@H]1C[C@@]2(O)[C@@H](OC(=O)c3ccccc3OC)C3[C@](C)(C(=O)[C@H](OC(=O)CC)C(=C1C)C2(C)C)[C@@H](O)C[C@H]1OC[C@@]31OC(C)=O)[C@H](C=C(C)C)NC(=O)OC(C)(C)C. The summed E-state index contributed by atoms with van der Waals surface area (Å²) in [6.45, 7) is 18.8. The van der Waals surface area contributed by atoms with E-state index >= 15 is 9.59 Å². The number of carbonyl (C=O) groups is 7. The van der Waals surface area contributed by atoms with Crippen LogP contribution in [0, 0.1) is 16.7 Å². The molecule has 4 aliphatic rings. The van der Waals surface area contributed by atoms with E-state index in [1.54, 1.807) is 60.6 Å². The van der Waals surface area contributed by atoms with Gasteiger partial charge in [0.15, 0.2) is 17.5 Å². The summed E-state index contributed by atoms with van der Waals surface area (Å²) < 4.78 is 48.3. The van der Waals surface area contributed by atoms with Crippen molar-refractivity contribution in [1.29, 1.82) is 0 Å². The molecule has 18 nitrogen and oxygen atoms in total. The standard InChI is InChI=1S/C67H91NO17/c1-14-16-17-18-19-20-21-22-23-24-25-26-27-28-29-30-31-32-33-38-53(72)82-55(47(39-43(3)4)68-62(76)85-63(7,8)9)61(75)80-49-41-67(77)59(83-60(74)46-36-34-35-37-48(46)78-13)57-65(12,50(70)40-51-66(57,42-79-51)84-45(6)69)58(73)56(81-52(71)15-2)54(44(49)5)64(67,10)11/h16-17,19-20,22-23,25-26,28-29,31-32,34-37,39,47,49-51,55-57,59,70,77H,14-15,18,21,24,27,30,33,38,40-42H2,1-13H3,(H,68,76)/b17-16-,20-19-,23-22-,26-25-,29-28-,32-31-/t47-,49-,50-,51+,55+,56+,57?,59-,65+,66-,67+/m0/s1. The molecule has 0 spiro atoms. The Hall–Kier alpha value is -6.89. The average Bonchev–Trinajstić information content (AvgIpc) is 0.692. The third-order valence-corrected chi connectivity index (χ3v) is 16.1. The maximum Gasteiger partial charge on any atom is 0.408 e. The van der Waals surface area contributed by atoms with E-state index in [-0.39, 0.29) is 54.7 Å². The number of hydrogen-bond acceptors (Lipinski definition) is 17. The molecular weight excluding hydrogens is 1090 g/mol. The van der Waals surface area contributed by atoms with Gasteiger partial charge in [0, 0.05) is 38.0 Å². The van der Waals surface area contributed by atoms with E-state index in [1.165, 1.54) is 46.1 Å². The number of Topliss-reactive ketones (excluding diaryl/α,β-unsaturated/α-hetero) is 1. The van der Waals surface area contributed by atoms with Crippen LogP contribution in [0.15, 0.2) is 120 Å². The van der Waals surface area contributed by atoms with Crippen molar-refractivity contribution in [2.24, 2.45) is 16.7 Å². The summed E-state index contributed by atoms with van der Waals surface area (Å²) in [6.07, 6.45) is 19.4. The van der Waals surface area contributed by atoms with Crippen LogP contribution >= 0.6 is 0 Å². The first kappa shape index (κ1) is 68.9. The molecule has 18 heteroatoms. The molecule has 1 aromatic carbocycles. The monoisotopic (exact) mass is 1180 g/mol. The number of aliphatic hydroxyl groups excluding tert-OH is 1. The van der Waals surface area contributed by atoms with Crippen LogP contribution < -0.4 is 10.1 Å². The number of alkyl carbamates (subject to hydrolysis) is 1. The van der Waals surface area contributed by atoms with Gasteiger partial charge in [0.2, 0.25) is 6.10 Å². The van der Waals surface area contributed by atoms with E-state index in [4.69, 9.17) is 37.9 Å². The van der Waals surface area contributed by atoms with Gasteiger partial charge >= 0.3 is 35.9 Å². The highest BCUT2D eigenvalue weighted by molar-refractivity contribution is 5.96. The van der Waals surface area contributed by atoms with Crippen LogP contribution in [0.1, 0.15) is 164 Å². The van der Waals surface area contributed by atoms with E-state index in [0.717, 1.165) is 39.0 Å². The Morgan fingerprint density at radius 2 is 1.39 bits per heavy atom. The zero-order chi connectivity index (χ0) is 62.9. The number of rotatable bonds is 26. The lowest BCUT2D eigenvalue weighted by Gasteiger charge is -2.67. The molecule has 3 N–H and O–H groups in total. The van der Waals surface area contributed by atoms with E-state index < -0.39 is 124 Å². The Balaban J connectivity index is 1.53. The van der Waals surface area contributed by atoms with Crippen LogP contribution in [0.3, 0.4) is 0 Å². The summed E-state index contributed by atoms with van der Waals surface area (Å²) in [5.41, 5.74) is -8.63. The molecule has 1 aliphatic heterocycles. The highest BCUT2D eigenvalue weighted by Gasteiger charge is 2.78. The lowest BCUT2D eigenvalue weighted by molar-refractivity contribution is -0.346. The number of esters is 5. The normalized spacial score (nSPS) is 27.1. The van der Waals surface area contributed by atoms with Crippen LogP contribution in [0.4, 0.5) is 4.79 Å². The van der Waals surface area contributed by atoms with Crippen molar-refractivity contribution in [3.8, 4) is 5.75 Å². The van der Waals surface area contributed by atoms with Gasteiger partial charge in [-0.05, 0) is 117 Å². The van der Waals surface area contributed by atoms with Crippen molar-refractivity contribution in [2.75, 3.05) is 13.7 Å². The van der Waals surface area contributed by atoms with Crippen molar-refractivity contribution in [3.63, 3.8) is 0 Å². The van der Waals surface area contributed by atoms with E-state index in [1.807, 2.05) is 24.3 Å². The second-order valence-electron chi connectivity index (χ2n) is 24.0. The molecule has 11 atom stereocenters. The Labute approximate surface area is 501 Å². The molecule has 3 fully saturated rings. The number of methoxy groups -OCH3 is 1. The minimum absolute atomic E-state index is 0.0396. The van der Waals surface area contributed by atoms with Gasteiger partial charge in [-0.25, -0.2) is 14.4 Å². The minimum atomic E-state index is -2.50. The molecule has 466 valence electrons. The molecule has 85 heavy (non-hydrogen) atoms. The molecular formula is C67H91NO17. The lowest BCUT2D eigenvalue weighted by atomic mass is 9.44. The van der Waals surface area contributed by atoms with E-state index in [0.29, 0.717) is 12.0 Å². The Bertz CT molecular complexity index is 2810. The van der Waals surface area contributed by atoms with Crippen LogP contribution in [0.2, 0.25) is 0 Å². The summed E-state index contributed by atoms with van der Waals surface area (Å²) in [5, 5.41) is 29.1. The van der Waals surface area contributed by atoms with Crippen molar-refractivity contribution >= 4 is 41.7 Å². The van der Waals surface area contributed by atoms with Gasteiger partial charge in [-0.2, -0.15) is 0 Å².